The van der Waals surface area contributed by atoms with Crippen LogP contribution in [0.3, 0.4) is 0 Å². The van der Waals surface area contributed by atoms with Crippen LogP contribution in [-0.4, -0.2) is 48.2 Å². The van der Waals surface area contributed by atoms with Gasteiger partial charge in [0.05, 0.1) is 0 Å². The molecule has 18 heavy (non-hydrogen) atoms. The van der Waals surface area contributed by atoms with Crippen molar-refractivity contribution in [3.8, 4) is 0 Å². The minimum absolute atomic E-state index is 0.315. The lowest BCUT2D eigenvalue weighted by molar-refractivity contribution is -0.137. The van der Waals surface area contributed by atoms with Crippen LogP contribution in [0.4, 0.5) is 0 Å². The Morgan fingerprint density at radius 2 is 2.00 bits per heavy atom. The van der Waals surface area contributed by atoms with E-state index in [-0.39, 0.29) is 0 Å². The predicted molar refractivity (Wildman–Crippen MR) is 73.9 cm³/mol. The van der Waals surface area contributed by atoms with E-state index in [0.29, 0.717) is 12.5 Å². The van der Waals surface area contributed by atoms with E-state index in [4.69, 9.17) is 5.11 Å². The second kappa shape index (κ2) is 9.34. The van der Waals surface area contributed by atoms with Gasteiger partial charge >= 0.3 is 5.97 Å². The predicted octanol–water partition coefficient (Wildman–Crippen LogP) is 2.10. The lowest BCUT2D eigenvalue weighted by atomic mass is 10.0. The molecular formula is C14H28N2O2. The molecule has 4 heteroatoms. The molecule has 1 rings (SSSR count). The quantitative estimate of drug-likeness (QED) is 0.620. The van der Waals surface area contributed by atoms with Crippen molar-refractivity contribution in [3.05, 3.63) is 0 Å². The van der Waals surface area contributed by atoms with Gasteiger partial charge in [0.25, 0.3) is 0 Å². The number of aliphatic carboxylic acids is 1. The fourth-order valence-electron chi connectivity index (χ4n) is 2.56. The van der Waals surface area contributed by atoms with Crippen molar-refractivity contribution >= 4 is 5.97 Å². The van der Waals surface area contributed by atoms with Crippen LogP contribution in [0.5, 0.6) is 0 Å². The van der Waals surface area contributed by atoms with Gasteiger partial charge < -0.3 is 15.3 Å². The summed E-state index contributed by atoms with van der Waals surface area (Å²) in [6, 6.07) is 0.678. The average molecular weight is 256 g/mol. The van der Waals surface area contributed by atoms with Gasteiger partial charge in [-0.25, -0.2) is 0 Å². The van der Waals surface area contributed by atoms with Gasteiger partial charge in [-0.1, -0.05) is 13.3 Å². The molecule has 0 aliphatic carbocycles. The molecule has 0 unspecified atom stereocenters. The Balaban J connectivity index is 1.93. The third kappa shape index (κ3) is 6.97. The number of rotatable bonds is 9. The van der Waals surface area contributed by atoms with Crippen LogP contribution in [-0.2, 0) is 4.79 Å². The van der Waals surface area contributed by atoms with Crippen molar-refractivity contribution < 1.29 is 9.90 Å². The molecule has 1 aliphatic heterocycles. The Morgan fingerprint density at radius 3 is 2.61 bits per heavy atom. The first kappa shape index (κ1) is 15.4. The van der Waals surface area contributed by atoms with Gasteiger partial charge in [0.15, 0.2) is 0 Å². The van der Waals surface area contributed by atoms with Crippen LogP contribution in [0.1, 0.15) is 51.9 Å². The summed E-state index contributed by atoms with van der Waals surface area (Å²) in [6.07, 6.45) is 7.02. The van der Waals surface area contributed by atoms with E-state index in [1.807, 2.05) is 0 Å². The molecule has 0 spiro atoms. The maximum absolute atomic E-state index is 10.3. The number of nitrogens with one attached hydrogen (secondary N) is 1. The molecular weight excluding hydrogens is 228 g/mol. The number of hydrogen-bond acceptors (Lipinski definition) is 3. The van der Waals surface area contributed by atoms with E-state index >= 15 is 0 Å². The number of likely N-dealkylation sites (tertiary alicyclic amines) is 1. The molecule has 0 aromatic rings. The van der Waals surface area contributed by atoms with E-state index in [2.05, 4.69) is 17.1 Å². The van der Waals surface area contributed by atoms with Gasteiger partial charge in [-0.3, -0.25) is 4.79 Å². The second-order valence-corrected chi connectivity index (χ2v) is 5.27. The van der Waals surface area contributed by atoms with Crippen molar-refractivity contribution in [2.24, 2.45) is 0 Å². The average Bonchev–Trinajstić information content (AvgIpc) is 2.35. The summed E-state index contributed by atoms with van der Waals surface area (Å²) in [4.78, 5) is 12.9. The van der Waals surface area contributed by atoms with Crippen molar-refractivity contribution in [1.82, 2.24) is 10.2 Å². The summed E-state index contributed by atoms with van der Waals surface area (Å²) < 4.78 is 0. The van der Waals surface area contributed by atoms with Crippen LogP contribution in [0.25, 0.3) is 0 Å². The lowest BCUT2D eigenvalue weighted by Crippen LogP contribution is -2.42. The van der Waals surface area contributed by atoms with Gasteiger partial charge in [-0.05, 0) is 58.3 Å². The highest BCUT2D eigenvalue weighted by Gasteiger charge is 2.17. The number of hydrogen-bond donors (Lipinski definition) is 2. The molecule has 1 aliphatic rings. The Morgan fingerprint density at radius 1 is 1.28 bits per heavy atom. The highest BCUT2D eigenvalue weighted by molar-refractivity contribution is 5.66. The molecule has 0 aromatic carbocycles. The normalized spacial score (nSPS) is 18.1. The van der Waals surface area contributed by atoms with Crippen LogP contribution < -0.4 is 5.32 Å². The zero-order valence-electron chi connectivity index (χ0n) is 11.7. The van der Waals surface area contributed by atoms with E-state index in [1.165, 1.54) is 38.9 Å². The molecule has 2 N–H and O–H groups in total. The van der Waals surface area contributed by atoms with Crippen molar-refractivity contribution in [3.63, 3.8) is 0 Å². The molecule has 0 atom stereocenters. The molecule has 0 amide bonds. The Kier molecular flexibility index (Phi) is 8.01. The number of carboxylic acid groups (broad SMARTS) is 1. The van der Waals surface area contributed by atoms with Gasteiger partial charge in [-0.2, -0.15) is 0 Å². The van der Waals surface area contributed by atoms with Gasteiger partial charge in [0.1, 0.15) is 0 Å². The summed E-state index contributed by atoms with van der Waals surface area (Å²) in [5.41, 5.74) is 0. The first-order chi connectivity index (χ1) is 8.72. The first-order valence-corrected chi connectivity index (χ1v) is 7.40. The number of unbranched alkanes of at least 4 members (excludes halogenated alkanes) is 2. The van der Waals surface area contributed by atoms with Gasteiger partial charge in [0.2, 0.25) is 0 Å². The largest absolute Gasteiger partial charge is 0.481 e. The van der Waals surface area contributed by atoms with E-state index in [9.17, 15) is 4.79 Å². The Labute approximate surface area is 111 Å². The van der Waals surface area contributed by atoms with Gasteiger partial charge in [0, 0.05) is 12.5 Å². The summed E-state index contributed by atoms with van der Waals surface area (Å²) in [5.74, 6) is -0.675. The summed E-state index contributed by atoms with van der Waals surface area (Å²) in [5, 5.41) is 12.1. The molecule has 4 nitrogen and oxygen atoms in total. The maximum atomic E-state index is 10.3. The third-order valence-electron chi connectivity index (χ3n) is 3.63. The smallest absolute Gasteiger partial charge is 0.303 e. The van der Waals surface area contributed by atoms with E-state index < -0.39 is 5.97 Å². The molecule has 0 bridgehead atoms. The Hall–Kier alpha value is -0.610. The molecule has 0 aromatic heterocycles. The standard InChI is InChI=1S/C14H28N2O2/c1-2-10-16-11-7-13(8-12-16)15-9-5-3-4-6-14(17)18/h13,15H,2-12H2,1H3,(H,17,18). The monoisotopic (exact) mass is 256 g/mol. The number of nitrogens with zero attached hydrogens (tertiary/aromatic N) is 1. The van der Waals surface area contributed by atoms with Crippen molar-refractivity contribution in [2.75, 3.05) is 26.2 Å². The van der Waals surface area contributed by atoms with E-state index in [1.54, 1.807) is 0 Å². The van der Waals surface area contributed by atoms with Crippen molar-refractivity contribution in [2.45, 2.75) is 57.9 Å². The summed E-state index contributed by atoms with van der Waals surface area (Å²) in [7, 11) is 0. The molecule has 106 valence electrons. The minimum Gasteiger partial charge on any atom is -0.481 e. The molecule has 1 saturated heterocycles. The zero-order valence-corrected chi connectivity index (χ0v) is 11.7. The van der Waals surface area contributed by atoms with Crippen LogP contribution in [0.15, 0.2) is 0 Å². The topological polar surface area (TPSA) is 52.6 Å². The molecule has 1 fully saturated rings. The fourth-order valence-corrected chi connectivity index (χ4v) is 2.56. The van der Waals surface area contributed by atoms with E-state index in [0.717, 1.165) is 25.8 Å². The van der Waals surface area contributed by atoms with Crippen LogP contribution in [0, 0.1) is 0 Å². The molecule has 1 heterocycles. The fraction of sp³-hybridized carbons (Fsp3) is 0.929. The number of piperidine rings is 1. The van der Waals surface area contributed by atoms with Crippen molar-refractivity contribution in [1.29, 1.82) is 0 Å². The lowest BCUT2D eigenvalue weighted by Gasteiger charge is -2.32. The number of carboxylic acids is 1. The molecule has 0 radical (unpaired) electrons. The number of carbonyl (C=O) groups is 1. The minimum atomic E-state index is -0.675. The van der Waals surface area contributed by atoms with Crippen LogP contribution in [0.2, 0.25) is 0 Å². The third-order valence-corrected chi connectivity index (χ3v) is 3.63. The maximum Gasteiger partial charge on any atom is 0.303 e. The van der Waals surface area contributed by atoms with Crippen LogP contribution >= 0.6 is 0 Å². The highest BCUT2D eigenvalue weighted by Crippen LogP contribution is 2.10. The summed E-state index contributed by atoms with van der Waals surface area (Å²) in [6.45, 7) is 6.97. The second-order valence-electron chi connectivity index (χ2n) is 5.27. The molecule has 0 saturated carbocycles. The zero-order chi connectivity index (χ0) is 13.2. The van der Waals surface area contributed by atoms with Gasteiger partial charge in [-0.15, -0.1) is 0 Å². The Bertz CT molecular complexity index is 226. The highest BCUT2D eigenvalue weighted by atomic mass is 16.4. The SMILES string of the molecule is CCCN1CCC(NCCCCCC(=O)O)CC1. The summed E-state index contributed by atoms with van der Waals surface area (Å²) >= 11 is 0. The first-order valence-electron chi connectivity index (χ1n) is 7.40.